The third-order valence-corrected chi connectivity index (χ3v) is 4.99. The maximum atomic E-state index is 12.6. The molecule has 0 saturated carbocycles. The monoisotopic (exact) mass is 388 g/mol. The molecule has 1 amide bonds. The van der Waals surface area contributed by atoms with Gasteiger partial charge in [0.2, 0.25) is 0 Å². The Morgan fingerprint density at radius 2 is 1.89 bits per heavy atom. The molecule has 0 bridgehead atoms. The molecule has 0 radical (unpaired) electrons. The van der Waals surface area contributed by atoms with Crippen molar-refractivity contribution in [2.24, 2.45) is 0 Å². The number of para-hydroxylation sites is 1. The predicted molar refractivity (Wildman–Crippen MR) is 107 cm³/mol. The van der Waals surface area contributed by atoms with Crippen molar-refractivity contribution in [2.45, 2.75) is 6.92 Å². The van der Waals surface area contributed by atoms with E-state index in [9.17, 15) is 14.9 Å². The van der Waals surface area contributed by atoms with Crippen LogP contribution in [-0.4, -0.2) is 48.5 Å². The van der Waals surface area contributed by atoms with Gasteiger partial charge >= 0.3 is 0 Å². The van der Waals surface area contributed by atoms with E-state index in [2.05, 4.69) is 22.0 Å². The zero-order valence-electron chi connectivity index (χ0n) is 15.0. The summed E-state index contributed by atoms with van der Waals surface area (Å²) < 4.78 is 0. The highest BCUT2D eigenvalue weighted by Crippen LogP contribution is 2.35. The molecule has 3 rings (SSSR count). The lowest BCUT2D eigenvalue weighted by atomic mass is 10.1. The average Bonchev–Trinajstić information content (AvgIpc) is 2.68. The number of benzene rings is 2. The van der Waals surface area contributed by atoms with Crippen molar-refractivity contribution in [3.8, 4) is 0 Å². The van der Waals surface area contributed by atoms with Crippen molar-refractivity contribution in [3.63, 3.8) is 0 Å². The third kappa shape index (κ3) is 4.37. The highest BCUT2D eigenvalue weighted by molar-refractivity contribution is 6.34. The van der Waals surface area contributed by atoms with Gasteiger partial charge in [-0.1, -0.05) is 30.7 Å². The summed E-state index contributed by atoms with van der Waals surface area (Å²) in [5.41, 5.74) is 1.49. The van der Waals surface area contributed by atoms with Crippen molar-refractivity contribution in [1.82, 2.24) is 4.90 Å². The normalized spacial score (nSPS) is 14.8. The van der Waals surface area contributed by atoms with E-state index < -0.39 is 10.8 Å². The summed E-state index contributed by atoms with van der Waals surface area (Å²) in [5, 5.41) is 14.4. The Labute approximate surface area is 162 Å². The number of piperazine rings is 1. The number of carbonyl (C=O) groups is 1. The van der Waals surface area contributed by atoms with Crippen molar-refractivity contribution in [2.75, 3.05) is 42.9 Å². The van der Waals surface area contributed by atoms with Crippen molar-refractivity contribution in [1.29, 1.82) is 0 Å². The molecule has 2 aromatic rings. The standard InChI is InChI=1S/C19H21ClN4O3/c1-2-22-9-11-23(12-10-22)18-16(20)7-4-8-17(18)21-19(25)14-5-3-6-15(13-14)24(26)27/h3-8,13H,2,9-12H2,1H3,(H,21,25). The van der Waals surface area contributed by atoms with Gasteiger partial charge in [0.25, 0.3) is 11.6 Å². The topological polar surface area (TPSA) is 78.7 Å². The molecule has 1 N–H and O–H groups in total. The van der Waals surface area contributed by atoms with Crippen LogP contribution in [0.1, 0.15) is 17.3 Å². The molecule has 1 aliphatic rings. The molecule has 0 unspecified atom stereocenters. The second-order valence-electron chi connectivity index (χ2n) is 6.32. The SMILES string of the molecule is CCN1CCN(c2c(Cl)cccc2NC(=O)c2cccc([N+](=O)[O-])c2)CC1. The molecule has 1 heterocycles. The molecule has 0 aromatic heterocycles. The molecule has 0 aliphatic carbocycles. The maximum absolute atomic E-state index is 12.6. The number of amides is 1. The zero-order valence-corrected chi connectivity index (χ0v) is 15.8. The highest BCUT2D eigenvalue weighted by Gasteiger charge is 2.22. The van der Waals surface area contributed by atoms with Crippen LogP contribution in [0.5, 0.6) is 0 Å². The highest BCUT2D eigenvalue weighted by atomic mass is 35.5. The van der Waals surface area contributed by atoms with Gasteiger partial charge in [-0.3, -0.25) is 14.9 Å². The van der Waals surface area contributed by atoms with Crippen LogP contribution in [0.15, 0.2) is 42.5 Å². The average molecular weight is 389 g/mol. The van der Waals surface area contributed by atoms with E-state index in [0.29, 0.717) is 10.7 Å². The number of non-ortho nitro benzene ring substituents is 1. The zero-order chi connectivity index (χ0) is 19.4. The van der Waals surface area contributed by atoms with Crippen molar-refractivity contribution in [3.05, 3.63) is 63.2 Å². The minimum atomic E-state index is -0.519. The van der Waals surface area contributed by atoms with Crippen LogP contribution in [0.3, 0.4) is 0 Å². The second-order valence-corrected chi connectivity index (χ2v) is 6.73. The van der Waals surface area contributed by atoms with E-state index in [-0.39, 0.29) is 11.3 Å². The number of likely N-dealkylation sites (N-methyl/N-ethyl adjacent to an activating group) is 1. The minimum absolute atomic E-state index is 0.121. The van der Waals surface area contributed by atoms with Gasteiger partial charge < -0.3 is 15.1 Å². The Kier molecular flexibility index (Phi) is 5.93. The Morgan fingerprint density at radius 1 is 1.19 bits per heavy atom. The molecule has 2 aromatic carbocycles. The third-order valence-electron chi connectivity index (χ3n) is 4.69. The lowest BCUT2D eigenvalue weighted by Gasteiger charge is -2.36. The number of carbonyl (C=O) groups excluding carboxylic acids is 1. The predicted octanol–water partition coefficient (Wildman–Crippen LogP) is 3.64. The van der Waals surface area contributed by atoms with Crippen LogP contribution in [0, 0.1) is 10.1 Å². The largest absolute Gasteiger partial charge is 0.366 e. The molecule has 0 atom stereocenters. The number of nitro groups is 1. The first-order chi connectivity index (χ1) is 13.0. The van der Waals surface area contributed by atoms with E-state index in [1.807, 2.05) is 0 Å². The summed E-state index contributed by atoms with van der Waals surface area (Å²) in [5.74, 6) is -0.408. The molecule has 1 aliphatic heterocycles. The molecule has 0 spiro atoms. The van der Waals surface area contributed by atoms with Gasteiger partial charge in [0, 0.05) is 43.9 Å². The molecule has 8 heteroatoms. The van der Waals surface area contributed by atoms with Crippen LogP contribution in [0.4, 0.5) is 17.1 Å². The molecule has 7 nitrogen and oxygen atoms in total. The fourth-order valence-corrected chi connectivity index (χ4v) is 3.47. The second kappa shape index (κ2) is 8.37. The lowest BCUT2D eigenvalue weighted by molar-refractivity contribution is -0.384. The number of nitrogens with one attached hydrogen (secondary N) is 1. The minimum Gasteiger partial charge on any atom is -0.366 e. The molecule has 1 fully saturated rings. The van der Waals surface area contributed by atoms with Gasteiger partial charge in [0.15, 0.2) is 0 Å². The lowest BCUT2D eigenvalue weighted by Crippen LogP contribution is -2.46. The van der Waals surface area contributed by atoms with E-state index in [1.54, 1.807) is 24.3 Å². The number of rotatable bonds is 5. The fraction of sp³-hybridized carbons (Fsp3) is 0.316. The molecular weight excluding hydrogens is 368 g/mol. The Balaban J connectivity index is 1.83. The summed E-state index contributed by atoms with van der Waals surface area (Å²) in [6.07, 6.45) is 0. The summed E-state index contributed by atoms with van der Waals surface area (Å²) in [7, 11) is 0. The van der Waals surface area contributed by atoms with Crippen LogP contribution in [-0.2, 0) is 0 Å². The van der Waals surface area contributed by atoms with Crippen LogP contribution in [0.2, 0.25) is 5.02 Å². The molecule has 142 valence electrons. The summed E-state index contributed by atoms with van der Waals surface area (Å²) in [6.45, 7) is 6.64. The smallest absolute Gasteiger partial charge is 0.270 e. The Morgan fingerprint density at radius 3 is 2.56 bits per heavy atom. The van der Waals surface area contributed by atoms with E-state index in [1.165, 1.54) is 18.2 Å². The number of anilines is 2. The number of hydrogen-bond acceptors (Lipinski definition) is 5. The van der Waals surface area contributed by atoms with Gasteiger partial charge in [-0.25, -0.2) is 0 Å². The van der Waals surface area contributed by atoms with E-state index in [4.69, 9.17) is 11.6 Å². The van der Waals surface area contributed by atoms with Gasteiger partial charge in [0.1, 0.15) is 0 Å². The summed E-state index contributed by atoms with van der Waals surface area (Å²) >= 11 is 6.43. The molecular formula is C19H21ClN4O3. The molecule has 27 heavy (non-hydrogen) atoms. The first kappa shape index (κ1) is 19.1. The van der Waals surface area contributed by atoms with Crippen LogP contribution in [0.25, 0.3) is 0 Å². The van der Waals surface area contributed by atoms with Gasteiger partial charge in [0.05, 0.1) is 21.3 Å². The van der Waals surface area contributed by atoms with Crippen molar-refractivity contribution >= 4 is 34.6 Å². The van der Waals surface area contributed by atoms with Crippen LogP contribution >= 0.6 is 11.6 Å². The number of nitrogens with zero attached hydrogens (tertiary/aromatic N) is 3. The number of nitro benzene ring substituents is 1. The Hall–Kier alpha value is -2.64. The van der Waals surface area contributed by atoms with Gasteiger partial charge in [-0.15, -0.1) is 0 Å². The first-order valence-corrected chi connectivity index (χ1v) is 9.19. The number of hydrogen-bond donors (Lipinski definition) is 1. The molecule has 1 saturated heterocycles. The quantitative estimate of drug-likeness (QED) is 0.624. The van der Waals surface area contributed by atoms with Gasteiger partial charge in [-0.2, -0.15) is 0 Å². The van der Waals surface area contributed by atoms with E-state index >= 15 is 0 Å². The summed E-state index contributed by atoms with van der Waals surface area (Å²) in [4.78, 5) is 27.6. The summed E-state index contributed by atoms with van der Waals surface area (Å²) in [6, 6.07) is 11.0. The van der Waals surface area contributed by atoms with Crippen LogP contribution < -0.4 is 10.2 Å². The number of halogens is 1. The van der Waals surface area contributed by atoms with Gasteiger partial charge in [-0.05, 0) is 24.7 Å². The maximum Gasteiger partial charge on any atom is 0.270 e. The Bertz CT molecular complexity index is 851. The van der Waals surface area contributed by atoms with E-state index in [0.717, 1.165) is 38.4 Å². The first-order valence-electron chi connectivity index (χ1n) is 8.81. The fourth-order valence-electron chi connectivity index (χ4n) is 3.18. The van der Waals surface area contributed by atoms with Crippen molar-refractivity contribution < 1.29 is 9.72 Å².